The van der Waals surface area contributed by atoms with E-state index in [1.54, 1.807) is 11.2 Å². The maximum absolute atomic E-state index is 12.0. The molecule has 0 atom stereocenters. The standard InChI is InChI=1S/C15H18N2O5S/c1-23-13-6-5-11(9-12(13)17(20)21)15(19)22-10-14(18)16-7-3-2-4-8-16/h5-6,9H,2-4,7-8,10H2,1H3. The second kappa shape index (κ2) is 7.96. The van der Waals surface area contributed by atoms with E-state index < -0.39 is 10.9 Å². The van der Waals surface area contributed by atoms with Crippen LogP contribution in [0, 0.1) is 10.1 Å². The third-order valence-electron chi connectivity index (χ3n) is 3.65. The number of rotatable bonds is 5. The van der Waals surface area contributed by atoms with Gasteiger partial charge in [0.15, 0.2) is 6.61 Å². The van der Waals surface area contributed by atoms with Crippen LogP contribution in [0.2, 0.25) is 0 Å². The van der Waals surface area contributed by atoms with Gasteiger partial charge in [-0.25, -0.2) is 4.79 Å². The van der Waals surface area contributed by atoms with Crippen molar-refractivity contribution in [2.24, 2.45) is 0 Å². The van der Waals surface area contributed by atoms with Gasteiger partial charge in [-0.05, 0) is 37.7 Å². The Bertz CT molecular complexity index is 614. The molecule has 1 aromatic carbocycles. The summed E-state index contributed by atoms with van der Waals surface area (Å²) in [5.74, 6) is -0.959. The van der Waals surface area contributed by atoms with Crippen LogP contribution in [-0.2, 0) is 9.53 Å². The quantitative estimate of drug-likeness (QED) is 0.355. The van der Waals surface area contributed by atoms with Gasteiger partial charge in [-0.15, -0.1) is 11.8 Å². The average molecular weight is 338 g/mol. The van der Waals surface area contributed by atoms with Crippen LogP contribution in [0.3, 0.4) is 0 Å². The van der Waals surface area contributed by atoms with E-state index in [1.165, 1.54) is 30.0 Å². The minimum Gasteiger partial charge on any atom is -0.452 e. The number of thioether (sulfide) groups is 1. The average Bonchev–Trinajstić information content (AvgIpc) is 2.59. The molecule has 0 spiro atoms. The summed E-state index contributed by atoms with van der Waals surface area (Å²) < 4.78 is 4.99. The normalized spacial score (nSPS) is 14.4. The van der Waals surface area contributed by atoms with E-state index in [2.05, 4.69) is 0 Å². The van der Waals surface area contributed by atoms with Gasteiger partial charge in [-0.1, -0.05) is 0 Å². The molecule has 0 radical (unpaired) electrons. The summed E-state index contributed by atoms with van der Waals surface area (Å²) in [7, 11) is 0. The first-order valence-corrected chi connectivity index (χ1v) is 8.52. The molecular weight excluding hydrogens is 320 g/mol. The number of nitro benzene ring substituents is 1. The maximum atomic E-state index is 12.0. The smallest absolute Gasteiger partial charge is 0.338 e. The molecule has 0 aromatic heterocycles. The van der Waals surface area contributed by atoms with Crippen LogP contribution in [0.1, 0.15) is 29.6 Å². The first kappa shape index (κ1) is 17.3. The monoisotopic (exact) mass is 338 g/mol. The molecule has 1 aliphatic heterocycles. The second-order valence-electron chi connectivity index (χ2n) is 5.16. The van der Waals surface area contributed by atoms with E-state index >= 15 is 0 Å². The predicted octanol–water partition coefficient (Wildman–Crippen LogP) is 2.49. The molecule has 7 nitrogen and oxygen atoms in total. The topological polar surface area (TPSA) is 89.8 Å². The number of hydrogen-bond acceptors (Lipinski definition) is 6. The lowest BCUT2D eigenvalue weighted by Gasteiger charge is -2.26. The summed E-state index contributed by atoms with van der Waals surface area (Å²) in [4.78, 5) is 36.5. The van der Waals surface area contributed by atoms with E-state index in [1.807, 2.05) is 0 Å². The van der Waals surface area contributed by atoms with Crippen LogP contribution in [0.15, 0.2) is 23.1 Å². The molecule has 8 heteroatoms. The van der Waals surface area contributed by atoms with Crippen LogP contribution in [0.5, 0.6) is 0 Å². The van der Waals surface area contributed by atoms with E-state index in [0.29, 0.717) is 18.0 Å². The minimum absolute atomic E-state index is 0.0703. The predicted molar refractivity (Wildman–Crippen MR) is 85.6 cm³/mol. The molecule has 124 valence electrons. The van der Waals surface area contributed by atoms with Crippen molar-refractivity contribution in [3.8, 4) is 0 Å². The Labute approximate surface area is 138 Å². The molecule has 1 aliphatic rings. The largest absolute Gasteiger partial charge is 0.452 e. The fourth-order valence-electron chi connectivity index (χ4n) is 2.40. The lowest BCUT2D eigenvalue weighted by atomic mass is 10.1. The Morgan fingerprint density at radius 2 is 2.00 bits per heavy atom. The lowest BCUT2D eigenvalue weighted by molar-refractivity contribution is -0.387. The minimum atomic E-state index is -0.730. The van der Waals surface area contributed by atoms with Gasteiger partial charge in [0, 0.05) is 19.2 Å². The van der Waals surface area contributed by atoms with Crippen LogP contribution < -0.4 is 0 Å². The third kappa shape index (κ3) is 4.44. The number of nitro groups is 1. The van der Waals surface area contributed by atoms with E-state index in [0.717, 1.165) is 19.3 Å². The fraction of sp³-hybridized carbons (Fsp3) is 0.467. The highest BCUT2D eigenvalue weighted by molar-refractivity contribution is 7.98. The summed E-state index contributed by atoms with van der Waals surface area (Å²) in [6.07, 6.45) is 4.75. The first-order valence-electron chi connectivity index (χ1n) is 7.30. The van der Waals surface area contributed by atoms with Crippen molar-refractivity contribution < 1.29 is 19.2 Å². The number of likely N-dealkylation sites (tertiary alicyclic amines) is 1. The molecule has 23 heavy (non-hydrogen) atoms. The third-order valence-corrected chi connectivity index (χ3v) is 4.43. The van der Waals surface area contributed by atoms with Crippen LogP contribution in [0.25, 0.3) is 0 Å². The van der Waals surface area contributed by atoms with Gasteiger partial charge >= 0.3 is 5.97 Å². The Hall–Kier alpha value is -2.09. The SMILES string of the molecule is CSc1ccc(C(=O)OCC(=O)N2CCCCC2)cc1[N+](=O)[O-]. The van der Waals surface area contributed by atoms with E-state index in [9.17, 15) is 19.7 Å². The van der Waals surface area contributed by atoms with Gasteiger partial charge in [0.25, 0.3) is 11.6 Å². The zero-order valence-corrected chi connectivity index (χ0v) is 13.6. The summed E-state index contributed by atoms with van der Waals surface area (Å²) in [6.45, 7) is 1.03. The number of carbonyl (C=O) groups is 2. The van der Waals surface area contributed by atoms with E-state index in [4.69, 9.17) is 4.74 Å². The number of nitrogens with zero attached hydrogens (tertiary/aromatic N) is 2. The van der Waals surface area contributed by atoms with Crippen molar-refractivity contribution >= 4 is 29.3 Å². The summed E-state index contributed by atoms with van der Waals surface area (Å²) >= 11 is 1.23. The van der Waals surface area contributed by atoms with Crippen LogP contribution in [0.4, 0.5) is 5.69 Å². The highest BCUT2D eigenvalue weighted by atomic mass is 32.2. The van der Waals surface area contributed by atoms with Crippen molar-refractivity contribution in [3.63, 3.8) is 0 Å². The van der Waals surface area contributed by atoms with Crippen molar-refractivity contribution in [2.75, 3.05) is 26.0 Å². The Morgan fingerprint density at radius 1 is 1.30 bits per heavy atom. The molecule has 2 rings (SSSR count). The number of piperidine rings is 1. The highest BCUT2D eigenvalue weighted by Gasteiger charge is 2.21. The maximum Gasteiger partial charge on any atom is 0.338 e. The Morgan fingerprint density at radius 3 is 2.61 bits per heavy atom. The first-order chi connectivity index (χ1) is 11.0. The fourth-order valence-corrected chi connectivity index (χ4v) is 2.95. The lowest BCUT2D eigenvalue weighted by Crippen LogP contribution is -2.38. The van der Waals surface area contributed by atoms with Gasteiger partial charge in [0.1, 0.15) is 0 Å². The van der Waals surface area contributed by atoms with E-state index in [-0.39, 0.29) is 23.8 Å². The molecule has 0 N–H and O–H groups in total. The Balaban J connectivity index is 1.99. The second-order valence-corrected chi connectivity index (χ2v) is 6.01. The summed E-state index contributed by atoms with van der Waals surface area (Å²) in [5, 5.41) is 11.0. The zero-order valence-electron chi connectivity index (χ0n) is 12.8. The summed E-state index contributed by atoms with van der Waals surface area (Å²) in [6, 6.07) is 4.15. The Kier molecular flexibility index (Phi) is 5.97. The molecule has 1 saturated heterocycles. The molecule has 1 fully saturated rings. The zero-order chi connectivity index (χ0) is 16.8. The number of benzene rings is 1. The van der Waals surface area contributed by atoms with Crippen molar-refractivity contribution in [1.29, 1.82) is 0 Å². The number of hydrogen-bond donors (Lipinski definition) is 0. The molecule has 0 saturated carbocycles. The number of amides is 1. The molecule has 1 amide bonds. The summed E-state index contributed by atoms with van der Waals surface area (Å²) in [5.41, 5.74) is -0.0738. The van der Waals surface area contributed by atoms with Crippen molar-refractivity contribution in [3.05, 3.63) is 33.9 Å². The molecule has 0 bridgehead atoms. The highest BCUT2D eigenvalue weighted by Crippen LogP contribution is 2.28. The molecule has 1 heterocycles. The molecular formula is C15H18N2O5S. The number of esters is 1. The van der Waals surface area contributed by atoms with Crippen LogP contribution in [-0.4, -0.2) is 47.7 Å². The number of carbonyl (C=O) groups excluding carboxylic acids is 2. The van der Waals surface area contributed by atoms with Crippen molar-refractivity contribution in [2.45, 2.75) is 24.2 Å². The molecule has 0 aliphatic carbocycles. The van der Waals surface area contributed by atoms with Gasteiger partial charge in [0.2, 0.25) is 0 Å². The van der Waals surface area contributed by atoms with Gasteiger partial charge < -0.3 is 9.64 Å². The molecule has 1 aromatic rings. The van der Waals surface area contributed by atoms with Gasteiger partial charge in [-0.3, -0.25) is 14.9 Å². The molecule has 0 unspecified atom stereocenters. The number of ether oxygens (including phenoxy) is 1. The van der Waals surface area contributed by atoms with Crippen LogP contribution >= 0.6 is 11.8 Å². The van der Waals surface area contributed by atoms with Crippen molar-refractivity contribution in [1.82, 2.24) is 4.90 Å². The van der Waals surface area contributed by atoms with Gasteiger partial charge in [0.05, 0.1) is 15.4 Å². The van der Waals surface area contributed by atoms with Gasteiger partial charge in [-0.2, -0.15) is 0 Å².